The molecule has 0 fully saturated rings. The number of rotatable bonds is 1. The van der Waals surface area contributed by atoms with Gasteiger partial charge >= 0.3 is 0 Å². The summed E-state index contributed by atoms with van der Waals surface area (Å²) in [5.74, 6) is 0. The molecule has 0 aliphatic carbocycles. The minimum atomic E-state index is -1.21. The zero-order valence-electron chi connectivity index (χ0n) is 3.04. The van der Waals surface area contributed by atoms with Crippen molar-refractivity contribution in [3.05, 3.63) is 0 Å². The fourth-order valence-electron chi connectivity index (χ4n) is 0. The second-order valence-electron chi connectivity index (χ2n) is 0.981. The van der Waals surface area contributed by atoms with Crippen LogP contribution in [0.5, 0.6) is 0 Å². The Kier molecular flexibility index (Phi) is 5.66. The molecule has 0 aromatic rings. The van der Waals surface area contributed by atoms with Crippen LogP contribution in [0, 0.1) is 0 Å². The van der Waals surface area contributed by atoms with Crippen LogP contribution in [0.1, 0.15) is 0 Å². The third-order valence-electron chi connectivity index (χ3n) is 0.181. The Labute approximate surface area is 106 Å². The second kappa shape index (κ2) is 3.60. The van der Waals surface area contributed by atoms with E-state index in [-0.39, 0.29) is 0 Å². The summed E-state index contributed by atoms with van der Waals surface area (Å²) in [5.41, 5.74) is 0. The molecule has 0 heterocycles. The molecule has 0 aromatic heterocycles. The lowest BCUT2D eigenvalue weighted by atomic mass is 12.0. The maximum atomic E-state index is 2.56. The summed E-state index contributed by atoms with van der Waals surface area (Å²) < 4.78 is 0.0744. The maximum absolute atomic E-state index is 2.56. The molecule has 0 rings (SSSR count). The number of halogens is 5. The van der Waals surface area contributed by atoms with Crippen LogP contribution >= 0.6 is 105 Å². The SMILES string of the molecule is IC[SH](I)(I)(I)I. The molecular formula is CH3I5S. The van der Waals surface area contributed by atoms with E-state index in [0.717, 1.165) is 0 Å². The molecule has 6 heteroatoms. The first-order valence-electron chi connectivity index (χ1n) is 1.26. The molecule has 48 valence electrons. The van der Waals surface area contributed by atoms with Gasteiger partial charge in [-0.3, -0.25) is 0 Å². The van der Waals surface area contributed by atoms with Crippen molar-refractivity contribution in [3.63, 3.8) is 0 Å². The lowest BCUT2D eigenvalue weighted by molar-refractivity contribution is 2.46. The minimum absolute atomic E-state index is 1.21. The van der Waals surface area contributed by atoms with E-state index in [2.05, 4.69) is 107 Å². The minimum Gasteiger partial charge on any atom is -0.108 e. The summed E-state index contributed by atoms with van der Waals surface area (Å²) in [6.45, 7) is 0. The highest BCUT2D eigenvalue weighted by molar-refractivity contribution is 14.6. The van der Waals surface area contributed by atoms with Gasteiger partial charge < -0.3 is 0 Å². The van der Waals surface area contributed by atoms with E-state index in [1.807, 2.05) is 0 Å². The number of hydrogen-bond acceptors (Lipinski definition) is 0. The molecule has 0 unspecified atom stereocenters. The van der Waals surface area contributed by atoms with Gasteiger partial charge in [0.25, 0.3) is 0 Å². The fraction of sp³-hybridized carbons (Fsp3) is 1.00. The zero-order chi connectivity index (χ0) is 6.15. The van der Waals surface area contributed by atoms with Gasteiger partial charge in [0.05, 0.1) is 0 Å². The smallest absolute Gasteiger partial charge is 0.0452 e. The summed E-state index contributed by atoms with van der Waals surface area (Å²) in [6, 6.07) is 0. The quantitative estimate of drug-likeness (QED) is 0.229. The van der Waals surface area contributed by atoms with Crippen LogP contribution in [0.15, 0.2) is 0 Å². The molecule has 0 bridgehead atoms. The summed E-state index contributed by atoms with van der Waals surface area (Å²) in [7, 11) is 0. The van der Waals surface area contributed by atoms with Gasteiger partial charge in [0.15, 0.2) is 0 Å². The predicted molar refractivity (Wildman–Crippen MR) is 84.0 cm³/mol. The third-order valence-corrected chi connectivity index (χ3v) is 24.4. The van der Waals surface area contributed by atoms with Crippen LogP contribution in [0.3, 0.4) is 0 Å². The first-order chi connectivity index (χ1) is 2.81. The summed E-state index contributed by atoms with van der Waals surface area (Å²) in [5, 5.41) is 0. The Hall–Kier alpha value is 4.00. The fourth-order valence-corrected chi connectivity index (χ4v) is 0. The Morgan fingerprint density at radius 1 is 1.00 bits per heavy atom. The van der Waals surface area contributed by atoms with Gasteiger partial charge in [-0.15, -0.1) is -2.15 Å². The highest BCUT2D eigenvalue weighted by Gasteiger charge is 2.24. The zero-order valence-corrected chi connectivity index (χ0v) is 14.7. The third kappa shape index (κ3) is 10.0. The van der Waals surface area contributed by atoms with Crippen molar-refractivity contribution >= 4 is 105 Å². The van der Waals surface area contributed by atoms with Gasteiger partial charge in [0.1, 0.15) is 0 Å². The molecule has 0 aliphatic rings. The molecule has 0 saturated carbocycles. The van der Waals surface area contributed by atoms with Crippen molar-refractivity contribution < 1.29 is 0 Å². The molecule has 0 nitrogen and oxygen atoms in total. The molecule has 0 spiro atoms. The van der Waals surface area contributed by atoms with Crippen molar-refractivity contribution in [2.24, 2.45) is 0 Å². The van der Waals surface area contributed by atoms with Gasteiger partial charge in [-0.2, -0.15) is 0 Å². The average Bonchev–Trinajstić information content (AvgIpc) is 1.32. The lowest BCUT2D eigenvalue weighted by Crippen LogP contribution is -1.74. The van der Waals surface area contributed by atoms with E-state index in [4.69, 9.17) is 0 Å². The van der Waals surface area contributed by atoms with Crippen LogP contribution in [0.2, 0.25) is 0 Å². The van der Waals surface area contributed by atoms with E-state index in [1.165, 1.54) is 3.76 Å². The van der Waals surface area contributed by atoms with Gasteiger partial charge in [-0.05, 0) is 84.8 Å². The van der Waals surface area contributed by atoms with E-state index in [9.17, 15) is 0 Å². The maximum Gasteiger partial charge on any atom is 0.0452 e. The van der Waals surface area contributed by atoms with Crippen molar-refractivity contribution in [1.82, 2.24) is 0 Å². The highest BCUT2D eigenvalue weighted by Crippen LogP contribution is 2.96. The Morgan fingerprint density at radius 3 is 1.14 bits per heavy atom. The number of thiol groups is 1. The Balaban J connectivity index is 3.83. The van der Waals surface area contributed by atoms with E-state index in [0.29, 0.717) is 0 Å². The Bertz CT molecular complexity index is 60.6. The van der Waals surface area contributed by atoms with E-state index >= 15 is 0 Å². The molecule has 0 N–H and O–H groups in total. The largest absolute Gasteiger partial charge is 0.108 e. The normalized spacial score (nSPS) is 18.1. The standard InChI is InChI=1S/CH3I5S/c2-1-7(3,4,5)6/h7H,1H2. The first kappa shape index (κ1) is 11.0. The second-order valence-corrected chi connectivity index (χ2v) is 63.8. The van der Waals surface area contributed by atoms with Crippen LogP contribution in [0.4, 0.5) is 0 Å². The Morgan fingerprint density at radius 2 is 1.14 bits per heavy atom. The predicted octanol–water partition coefficient (Wildman–Crippen LogP) is 4.85. The molecule has 0 amide bonds. The van der Waals surface area contributed by atoms with Gasteiger partial charge in [0, 0.05) is 3.76 Å². The summed E-state index contributed by atoms with van der Waals surface area (Å²) >= 11 is 12.7. The number of alkyl halides is 1. The lowest BCUT2D eigenvalue weighted by Gasteiger charge is -2.34. The monoisotopic (exact) mass is 682 g/mol. The topological polar surface area (TPSA) is 0 Å². The number of hydrogen-bond donors (Lipinski definition) is 1. The van der Waals surface area contributed by atoms with Crippen LogP contribution in [-0.4, -0.2) is 3.76 Å². The van der Waals surface area contributed by atoms with Gasteiger partial charge in [-0.25, -0.2) is 0 Å². The summed E-state index contributed by atoms with van der Waals surface area (Å²) in [6.07, 6.45) is 0. The summed E-state index contributed by atoms with van der Waals surface area (Å²) in [4.78, 5) is 0. The van der Waals surface area contributed by atoms with Crippen LogP contribution in [-0.2, 0) is 0 Å². The van der Waals surface area contributed by atoms with Crippen molar-refractivity contribution in [2.45, 2.75) is 0 Å². The molecule has 0 saturated heterocycles. The molecule has 0 radical (unpaired) electrons. The molecule has 0 aliphatic heterocycles. The highest BCUT2D eigenvalue weighted by atomic mass is 127. The average molecular weight is 682 g/mol. The molecule has 0 atom stereocenters. The first-order valence-corrected chi connectivity index (χ1v) is 16.3. The van der Waals surface area contributed by atoms with Crippen molar-refractivity contribution in [1.29, 1.82) is 0 Å². The molecule has 7 heavy (non-hydrogen) atoms. The van der Waals surface area contributed by atoms with Crippen molar-refractivity contribution in [2.75, 3.05) is 3.76 Å². The van der Waals surface area contributed by atoms with E-state index < -0.39 is -2.15 Å². The van der Waals surface area contributed by atoms with E-state index in [1.54, 1.807) is 0 Å². The molecular weight excluding hydrogens is 679 g/mol. The molecule has 0 aromatic carbocycles. The van der Waals surface area contributed by atoms with Gasteiger partial charge in [0.2, 0.25) is 0 Å². The van der Waals surface area contributed by atoms with Gasteiger partial charge in [-0.1, -0.05) is 22.6 Å². The van der Waals surface area contributed by atoms with Crippen LogP contribution < -0.4 is 0 Å². The van der Waals surface area contributed by atoms with Crippen molar-refractivity contribution in [3.8, 4) is 0 Å². The van der Waals surface area contributed by atoms with Crippen LogP contribution in [0.25, 0.3) is 0 Å².